The first-order chi connectivity index (χ1) is 9.59. The monoisotopic (exact) mass is 300 g/mol. The van der Waals surface area contributed by atoms with Gasteiger partial charge in [-0.25, -0.2) is 0 Å². The number of amides is 2. The first-order valence-electron chi connectivity index (χ1n) is 7.24. The molecule has 0 saturated heterocycles. The molecule has 6 nitrogen and oxygen atoms in total. The van der Waals surface area contributed by atoms with Crippen LogP contribution < -0.4 is 5.32 Å². The molecule has 0 atom stereocenters. The smallest absolute Gasteiger partial charge is 0.325 e. The van der Waals surface area contributed by atoms with Gasteiger partial charge in [0.05, 0.1) is 7.11 Å². The van der Waals surface area contributed by atoms with Gasteiger partial charge in [-0.3, -0.25) is 14.4 Å². The van der Waals surface area contributed by atoms with Crippen LogP contribution in [0.3, 0.4) is 0 Å². The fraction of sp³-hybridized carbons (Fsp3) is 0.800. The van der Waals surface area contributed by atoms with Crippen molar-refractivity contribution in [1.82, 2.24) is 10.2 Å². The fourth-order valence-corrected chi connectivity index (χ4v) is 1.61. The van der Waals surface area contributed by atoms with Crippen molar-refractivity contribution in [1.29, 1.82) is 0 Å². The Hall–Kier alpha value is -1.59. The van der Waals surface area contributed by atoms with Gasteiger partial charge in [0.15, 0.2) is 0 Å². The molecule has 0 saturated carbocycles. The molecule has 122 valence electrons. The van der Waals surface area contributed by atoms with Gasteiger partial charge in [0.25, 0.3) is 0 Å². The van der Waals surface area contributed by atoms with E-state index in [4.69, 9.17) is 0 Å². The zero-order chi connectivity index (χ0) is 16.6. The minimum Gasteiger partial charge on any atom is -0.468 e. The number of nitrogens with one attached hydrogen (secondary N) is 1. The van der Waals surface area contributed by atoms with Gasteiger partial charge in [0.2, 0.25) is 11.8 Å². The van der Waals surface area contributed by atoms with E-state index in [0.717, 1.165) is 0 Å². The van der Waals surface area contributed by atoms with Gasteiger partial charge >= 0.3 is 5.97 Å². The number of nitrogens with zero attached hydrogens (tertiary/aromatic N) is 1. The lowest BCUT2D eigenvalue weighted by Crippen LogP contribution is -2.41. The van der Waals surface area contributed by atoms with Crippen molar-refractivity contribution in [3.05, 3.63) is 0 Å². The Balaban J connectivity index is 4.21. The normalized spacial score (nSPS) is 11.2. The molecule has 0 spiro atoms. The molecule has 0 rings (SSSR count). The molecule has 0 radical (unpaired) electrons. The third kappa shape index (κ3) is 7.68. The maximum Gasteiger partial charge on any atom is 0.325 e. The van der Waals surface area contributed by atoms with E-state index < -0.39 is 11.4 Å². The molecule has 6 heteroatoms. The van der Waals surface area contributed by atoms with Gasteiger partial charge in [0, 0.05) is 24.4 Å². The minimum atomic E-state index is -0.432. The van der Waals surface area contributed by atoms with Crippen molar-refractivity contribution in [3.8, 4) is 0 Å². The highest BCUT2D eigenvalue weighted by molar-refractivity contribution is 5.83. The summed E-state index contributed by atoms with van der Waals surface area (Å²) in [5.74, 6) is -0.580. The molecule has 0 fully saturated rings. The van der Waals surface area contributed by atoms with Gasteiger partial charge in [-0.15, -0.1) is 0 Å². The Morgan fingerprint density at radius 2 is 1.76 bits per heavy atom. The van der Waals surface area contributed by atoms with Gasteiger partial charge < -0.3 is 15.0 Å². The van der Waals surface area contributed by atoms with Crippen molar-refractivity contribution in [2.75, 3.05) is 20.2 Å². The van der Waals surface area contributed by atoms with Crippen LogP contribution >= 0.6 is 0 Å². The average molecular weight is 300 g/mol. The first-order valence-corrected chi connectivity index (χ1v) is 7.24. The van der Waals surface area contributed by atoms with Crippen molar-refractivity contribution < 1.29 is 19.1 Å². The third-order valence-corrected chi connectivity index (χ3v) is 3.00. The Morgan fingerprint density at radius 1 is 1.19 bits per heavy atom. The van der Waals surface area contributed by atoms with E-state index in [2.05, 4.69) is 10.1 Å². The molecular formula is C15H28N2O4. The quantitative estimate of drug-likeness (QED) is 0.568. The number of rotatable bonds is 7. The van der Waals surface area contributed by atoms with E-state index in [-0.39, 0.29) is 24.4 Å². The van der Waals surface area contributed by atoms with Crippen LogP contribution in [0.5, 0.6) is 0 Å². The number of hydrogen-bond donors (Lipinski definition) is 1. The van der Waals surface area contributed by atoms with Crippen molar-refractivity contribution >= 4 is 17.8 Å². The van der Waals surface area contributed by atoms with Crippen LogP contribution in [0.25, 0.3) is 0 Å². The molecule has 0 aromatic rings. The zero-order valence-electron chi connectivity index (χ0n) is 14.0. The van der Waals surface area contributed by atoms with Crippen LogP contribution in [0.1, 0.15) is 47.5 Å². The molecule has 0 aromatic heterocycles. The van der Waals surface area contributed by atoms with Crippen LogP contribution in [0.4, 0.5) is 0 Å². The maximum absolute atomic E-state index is 12.1. The number of hydrogen-bond acceptors (Lipinski definition) is 4. The summed E-state index contributed by atoms with van der Waals surface area (Å²) < 4.78 is 4.59. The van der Waals surface area contributed by atoms with Crippen molar-refractivity contribution in [2.24, 2.45) is 5.41 Å². The molecule has 0 aliphatic heterocycles. The predicted molar refractivity (Wildman–Crippen MR) is 80.6 cm³/mol. The number of ether oxygens (including phenoxy) is 1. The van der Waals surface area contributed by atoms with Gasteiger partial charge in [0.1, 0.15) is 6.54 Å². The van der Waals surface area contributed by atoms with Gasteiger partial charge in [-0.1, -0.05) is 20.8 Å². The lowest BCUT2D eigenvalue weighted by atomic mass is 9.96. The molecule has 0 unspecified atom stereocenters. The summed E-state index contributed by atoms with van der Waals surface area (Å²) in [5.41, 5.74) is -0.432. The lowest BCUT2D eigenvalue weighted by Gasteiger charge is -2.25. The standard InChI is InChI=1S/C15H28N2O4/c1-11(2)17(10-13(19)21-6)12(18)8-7-9-16-14(20)15(3,4)5/h11H,7-10H2,1-6H3,(H,16,20). The highest BCUT2D eigenvalue weighted by atomic mass is 16.5. The summed E-state index contributed by atoms with van der Waals surface area (Å²) in [4.78, 5) is 36.5. The second-order valence-electron chi connectivity index (χ2n) is 6.30. The summed E-state index contributed by atoms with van der Waals surface area (Å²) in [6.45, 7) is 9.62. The minimum absolute atomic E-state index is 0.0368. The van der Waals surface area contributed by atoms with Crippen LogP contribution in [-0.4, -0.2) is 48.9 Å². The van der Waals surface area contributed by atoms with Gasteiger partial charge in [-0.2, -0.15) is 0 Å². The second kappa shape index (κ2) is 8.64. The summed E-state index contributed by atoms with van der Waals surface area (Å²) in [5, 5.41) is 2.80. The van der Waals surface area contributed by atoms with E-state index in [1.165, 1.54) is 12.0 Å². The summed E-state index contributed by atoms with van der Waals surface area (Å²) in [6, 6.07) is -0.0687. The molecule has 1 N–H and O–H groups in total. The average Bonchev–Trinajstić information content (AvgIpc) is 2.38. The Labute approximate surface area is 127 Å². The van der Waals surface area contributed by atoms with Crippen LogP contribution in [0.2, 0.25) is 0 Å². The summed E-state index contributed by atoms with van der Waals surface area (Å²) in [6.07, 6.45) is 0.838. The molecule has 0 heterocycles. The Morgan fingerprint density at radius 3 is 2.19 bits per heavy atom. The zero-order valence-corrected chi connectivity index (χ0v) is 14.0. The number of carbonyl (C=O) groups excluding carboxylic acids is 3. The predicted octanol–water partition coefficient (Wildman–Crippen LogP) is 1.34. The molecule has 0 aliphatic rings. The van der Waals surface area contributed by atoms with Crippen LogP contribution in [0, 0.1) is 5.41 Å². The molecule has 21 heavy (non-hydrogen) atoms. The van der Waals surface area contributed by atoms with E-state index in [0.29, 0.717) is 19.4 Å². The molecule has 2 amide bonds. The number of methoxy groups -OCH3 is 1. The molecule has 0 aromatic carbocycles. The van der Waals surface area contributed by atoms with Gasteiger partial charge in [-0.05, 0) is 20.3 Å². The Bertz CT molecular complexity index is 372. The number of esters is 1. The summed E-state index contributed by atoms with van der Waals surface area (Å²) >= 11 is 0. The largest absolute Gasteiger partial charge is 0.468 e. The Kier molecular flexibility index (Phi) is 7.99. The third-order valence-electron chi connectivity index (χ3n) is 3.00. The number of carbonyl (C=O) groups is 3. The van der Waals surface area contributed by atoms with E-state index in [9.17, 15) is 14.4 Å². The molecule has 0 bridgehead atoms. The van der Waals surface area contributed by atoms with E-state index in [1.807, 2.05) is 34.6 Å². The highest BCUT2D eigenvalue weighted by Gasteiger charge is 2.22. The lowest BCUT2D eigenvalue weighted by molar-refractivity contribution is -0.148. The molecule has 0 aliphatic carbocycles. The second-order valence-corrected chi connectivity index (χ2v) is 6.30. The fourth-order valence-electron chi connectivity index (χ4n) is 1.61. The highest BCUT2D eigenvalue weighted by Crippen LogP contribution is 2.12. The summed E-state index contributed by atoms with van der Waals surface area (Å²) in [7, 11) is 1.30. The molecular weight excluding hydrogens is 272 g/mol. The van der Waals surface area contributed by atoms with Crippen molar-refractivity contribution in [3.63, 3.8) is 0 Å². The SMILES string of the molecule is COC(=O)CN(C(=O)CCCNC(=O)C(C)(C)C)C(C)C. The van der Waals surface area contributed by atoms with Crippen molar-refractivity contribution in [2.45, 2.75) is 53.5 Å². The van der Waals surface area contributed by atoms with Crippen LogP contribution in [-0.2, 0) is 19.1 Å². The van der Waals surface area contributed by atoms with E-state index in [1.54, 1.807) is 0 Å². The van der Waals surface area contributed by atoms with E-state index >= 15 is 0 Å². The topological polar surface area (TPSA) is 75.7 Å². The van der Waals surface area contributed by atoms with Crippen LogP contribution in [0.15, 0.2) is 0 Å². The maximum atomic E-state index is 12.1. The first kappa shape index (κ1) is 19.4.